The lowest BCUT2D eigenvalue weighted by Crippen LogP contribution is -2.40. The lowest BCUT2D eigenvalue weighted by atomic mass is 9.89. The van der Waals surface area contributed by atoms with Crippen molar-refractivity contribution in [1.29, 1.82) is 0 Å². The van der Waals surface area contributed by atoms with Gasteiger partial charge in [0.05, 0.1) is 5.69 Å². The summed E-state index contributed by atoms with van der Waals surface area (Å²) >= 11 is 0. The van der Waals surface area contributed by atoms with E-state index in [9.17, 15) is 13.0 Å². The van der Waals surface area contributed by atoms with Crippen LogP contribution in [-0.4, -0.2) is 32.1 Å². The number of aryl methyl sites for hydroxylation is 1. The van der Waals surface area contributed by atoms with E-state index in [0.29, 0.717) is 12.1 Å². The van der Waals surface area contributed by atoms with Crippen LogP contribution in [0.1, 0.15) is 51.0 Å². The average molecular weight is 391 g/mol. The zero-order valence-corrected chi connectivity index (χ0v) is 16.8. The second-order valence-corrected chi connectivity index (χ2v) is 8.24. The predicted molar refractivity (Wildman–Crippen MR) is 106 cm³/mol. The highest BCUT2D eigenvalue weighted by Gasteiger charge is 2.25. The normalized spacial score (nSPS) is 16.9. The molecule has 1 aromatic carbocycles. The minimum Gasteiger partial charge on any atom is -0.316 e. The zero-order chi connectivity index (χ0) is 17.6. The third kappa shape index (κ3) is 7.13. The SMILES string of the molecule is Cc1ccc(N(C(C)CCNCC2CCCCC2)S(=O)(=O)O)cc1.Cl. The molecule has 1 saturated carbocycles. The Morgan fingerprint density at radius 2 is 1.80 bits per heavy atom. The van der Waals surface area contributed by atoms with Gasteiger partial charge in [0.15, 0.2) is 0 Å². The van der Waals surface area contributed by atoms with Gasteiger partial charge in [-0.05, 0) is 64.3 Å². The average Bonchev–Trinajstić information content (AvgIpc) is 2.53. The maximum absolute atomic E-state index is 11.8. The molecular formula is C18H31ClN2O3S. The fourth-order valence-electron chi connectivity index (χ4n) is 3.43. The molecule has 144 valence electrons. The molecule has 2 N–H and O–H groups in total. The van der Waals surface area contributed by atoms with Crippen molar-refractivity contribution in [1.82, 2.24) is 5.32 Å². The van der Waals surface area contributed by atoms with Crippen molar-refractivity contribution in [2.45, 2.75) is 58.4 Å². The number of hydrogen-bond donors (Lipinski definition) is 2. The van der Waals surface area contributed by atoms with Crippen LogP contribution in [-0.2, 0) is 10.3 Å². The van der Waals surface area contributed by atoms with Gasteiger partial charge in [-0.25, -0.2) is 4.31 Å². The molecule has 0 heterocycles. The minimum atomic E-state index is -4.28. The van der Waals surface area contributed by atoms with Gasteiger partial charge < -0.3 is 5.32 Å². The molecule has 25 heavy (non-hydrogen) atoms. The van der Waals surface area contributed by atoms with Gasteiger partial charge in [0.25, 0.3) is 0 Å². The van der Waals surface area contributed by atoms with Crippen LogP contribution in [0.25, 0.3) is 0 Å². The van der Waals surface area contributed by atoms with Crippen molar-refractivity contribution in [3.63, 3.8) is 0 Å². The summed E-state index contributed by atoms with van der Waals surface area (Å²) in [4.78, 5) is 0. The molecule has 1 aliphatic carbocycles. The van der Waals surface area contributed by atoms with E-state index in [2.05, 4.69) is 5.32 Å². The largest absolute Gasteiger partial charge is 0.360 e. The van der Waals surface area contributed by atoms with Crippen molar-refractivity contribution >= 4 is 28.4 Å². The Morgan fingerprint density at radius 3 is 2.36 bits per heavy atom. The van der Waals surface area contributed by atoms with Gasteiger partial charge in [-0.15, -0.1) is 12.4 Å². The zero-order valence-electron chi connectivity index (χ0n) is 15.1. The standard InChI is InChI=1S/C18H30N2O3S.ClH/c1-15-8-10-18(11-9-15)20(24(21,22)23)16(2)12-13-19-14-17-6-4-3-5-7-17;/h8-11,16-17,19H,3-7,12-14H2,1-2H3,(H,21,22,23);1H. The van der Waals surface area contributed by atoms with Crippen LogP contribution in [0.4, 0.5) is 5.69 Å². The molecule has 0 amide bonds. The summed E-state index contributed by atoms with van der Waals surface area (Å²) in [6.45, 7) is 5.52. The maximum Gasteiger partial charge on any atom is 0.360 e. The Labute approximate surface area is 158 Å². The first-order chi connectivity index (χ1) is 11.4. The summed E-state index contributed by atoms with van der Waals surface area (Å²) in [7, 11) is -4.28. The number of benzene rings is 1. The van der Waals surface area contributed by atoms with Crippen LogP contribution in [0.3, 0.4) is 0 Å². The lowest BCUT2D eigenvalue weighted by Gasteiger charge is -2.28. The summed E-state index contributed by atoms with van der Waals surface area (Å²) in [5.74, 6) is 0.754. The van der Waals surface area contributed by atoms with Crippen LogP contribution in [0.15, 0.2) is 24.3 Å². The second kappa shape index (κ2) is 10.4. The number of hydrogen-bond acceptors (Lipinski definition) is 3. The van der Waals surface area contributed by atoms with Gasteiger partial charge in [-0.2, -0.15) is 8.42 Å². The van der Waals surface area contributed by atoms with Gasteiger partial charge in [0.2, 0.25) is 0 Å². The van der Waals surface area contributed by atoms with E-state index in [0.717, 1.165) is 28.9 Å². The maximum atomic E-state index is 11.8. The molecule has 7 heteroatoms. The second-order valence-electron chi connectivity index (χ2n) is 6.96. The number of nitrogens with zero attached hydrogens (tertiary/aromatic N) is 1. The molecule has 1 fully saturated rings. The molecule has 1 aromatic rings. The molecule has 0 bridgehead atoms. The molecular weight excluding hydrogens is 360 g/mol. The van der Waals surface area contributed by atoms with E-state index in [4.69, 9.17) is 0 Å². The Balaban J connectivity index is 0.00000312. The Hall–Kier alpha value is -0.820. The smallest absolute Gasteiger partial charge is 0.316 e. The Morgan fingerprint density at radius 1 is 1.20 bits per heavy atom. The monoisotopic (exact) mass is 390 g/mol. The third-order valence-corrected chi connectivity index (χ3v) is 5.90. The van der Waals surface area contributed by atoms with E-state index >= 15 is 0 Å². The van der Waals surface area contributed by atoms with Crippen molar-refractivity contribution < 1.29 is 13.0 Å². The van der Waals surface area contributed by atoms with Gasteiger partial charge in [0.1, 0.15) is 0 Å². The Kier molecular flexibility index (Phi) is 9.21. The van der Waals surface area contributed by atoms with E-state index in [1.165, 1.54) is 32.1 Å². The topological polar surface area (TPSA) is 69.6 Å². The fourth-order valence-corrected chi connectivity index (χ4v) is 4.38. The molecule has 0 radical (unpaired) electrons. The molecule has 0 aliphatic heterocycles. The summed E-state index contributed by atoms with van der Waals surface area (Å²) in [5.41, 5.74) is 1.55. The molecule has 2 rings (SSSR count). The van der Waals surface area contributed by atoms with E-state index in [1.54, 1.807) is 12.1 Å². The molecule has 1 unspecified atom stereocenters. The van der Waals surface area contributed by atoms with Crippen LogP contribution in [0.2, 0.25) is 0 Å². The summed E-state index contributed by atoms with van der Waals surface area (Å²) in [6.07, 6.45) is 7.25. The quantitative estimate of drug-likeness (QED) is 0.520. The van der Waals surface area contributed by atoms with Crippen LogP contribution < -0.4 is 9.62 Å². The Bertz CT molecular complexity index is 601. The summed E-state index contributed by atoms with van der Waals surface area (Å²) < 4.78 is 34.3. The van der Waals surface area contributed by atoms with Crippen molar-refractivity contribution in [2.75, 3.05) is 17.4 Å². The number of anilines is 1. The highest BCUT2D eigenvalue weighted by Crippen LogP contribution is 2.24. The van der Waals surface area contributed by atoms with Crippen molar-refractivity contribution in [2.24, 2.45) is 5.92 Å². The van der Waals surface area contributed by atoms with Crippen molar-refractivity contribution in [3.8, 4) is 0 Å². The van der Waals surface area contributed by atoms with Crippen molar-refractivity contribution in [3.05, 3.63) is 29.8 Å². The molecule has 0 spiro atoms. The molecule has 1 atom stereocenters. The number of nitrogens with one attached hydrogen (secondary N) is 1. The molecule has 0 aromatic heterocycles. The highest BCUT2D eigenvalue weighted by molar-refractivity contribution is 7.87. The first-order valence-electron chi connectivity index (χ1n) is 8.92. The van der Waals surface area contributed by atoms with Crippen LogP contribution in [0, 0.1) is 12.8 Å². The van der Waals surface area contributed by atoms with Crippen LogP contribution >= 0.6 is 12.4 Å². The summed E-state index contributed by atoms with van der Waals surface area (Å²) in [6, 6.07) is 6.86. The first-order valence-corrected chi connectivity index (χ1v) is 10.3. The fraction of sp³-hybridized carbons (Fsp3) is 0.667. The van der Waals surface area contributed by atoms with Crippen LogP contribution in [0.5, 0.6) is 0 Å². The molecule has 5 nitrogen and oxygen atoms in total. The number of halogens is 1. The predicted octanol–water partition coefficient (Wildman–Crippen LogP) is 3.97. The van der Waals surface area contributed by atoms with E-state index in [1.807, 2.05) is 26.0 Å². The minimum absolute atomic E-state index is 0. The highest BCUT2D eigenvalue weighted by atomic mass is 35.5. The molecule has 1 aliphatic rings. The van der Waals surface area contributed by atoms with Gasteiger partial charge in [-0.1, -0.05) is 37.0 Å². The first kappa shape index (κ1) is 22.2. The number of rotatable bonds is 8. The lowest BCUT2D eigenvalue weighted by molar-refractivity contribution is 0.341. The summed E-state index contributed by atoms with van der Waals surface area (Å²) in [5, 5.41) is 3.45. The van der Waals surface area contributed by atoms with Gasteiger partial charge >= 0.3 is 10.3 Å². The van der Waals surface area contributed by atoms with Gasteiger partial charge in [-0.3, -0.25) is 4.55 Å². The third-order valence-electron chi connectivity index (χ3n) is 4.83. The van der Waals surface area contributed by atoms with E-state index in [-0.39, 0.29) is 18.4 Å². The van der Waals surface area contributed by atoms with Gasteiger partial charge in [0, 0.05) is 6.04 Å². The molecule has 0 saturated heterocycles. The van der Waals surface area contributed by atoms with E-state index < -0.39 is 10.3 Å².